The van der Waals surface area contributed by atoms with Crippen molar-refractivity contribution in [3.05, 3.63) is 96.4 Å². The van der Waals surface area contributed by atoms with Gasteiger partial charge in [0.05, 0.1) is 4.90 Å². The summed E-state index contributed by atoms with van der Waals surface area (Å²) in [6.07, 6.45) is 0. The molecular weight excluding hydrogens is 464 g/mol. The molecule has 0 bridgehead atoms. The van der Waals surface area contributed by atoms with E-state index in [1.54, 1.807) is 25.1 Å². The standard InChI is InChI=1S/C24H23ClN2O3S2/c1-15-9-17(3)21-11-18(24(28)26-22(21)10-15)13-27(14-20-5-4-8-31-20)32(29,30)23-12-19(25)7-6-16(23)2/h4-12H,13-14H2,1-3H3,(H,26,28). The zero-order valence-corrected chi connectivity index (χ0v) is 20.4. The van der Waals surface area contributed by atoms with Crippen molar-refractivity contribution in [2.45, 2.75) is 38.8 Å². The molecule has 166 valence electrons. The van der Waals surface area contributed by atoms with Crippen molar-refractivity contribution >= 4 is 43.9 Å². The van der Waals surface area contributed by atoms with Gasteiger partial charge in [-0.3, -0.25) is 4.79 Å². The second-order valence-electron chi connectivity index (χ2n) is 7.93. The lowest BCUT2D eigenvalue weighted by Gasteiger charge is -2.23. The molecule has 2 heterocycles. The Morgan fingerprint density at radius 2 is 1.78 bits per heavy atom. The van der Waals surface area contributed by atoms with Crippen LogP contribution in [0, 0.1) is 20.8 Å². The van der Waals surface area contributed by atoms with Crippen LogP contribution >= 0.6 is 22.9 Å². The number of nitrogens with zero attached hydrogens (tertiary/aromatic N) is 1. The number of aryl methyl sites for hydroxylation is 3. The monoisotopic (exact) mass is 486 g/mol. The predicted octanol–water partition coefficient (Wildman–Crippen LogP) is 5.56. The van der Waals surface area contributed by atoms with Crippen LogP contribution in [-0.4, -0.2) is 17.7 Å². The molecule has 0 unspecified atom stereocenters. The second-order valence-corrected chi connectivity index (χ2v) is 11.3. The molecule has 8 heteroatoms. The van der Waals surface area contributed by atoms with E-state index in [0.29, 0.717) is 16.1 Å². The van der Waals surface area contributed by atoms with Gasteiger partial charge < -0.3 is 4.98 Å². The Labute approximate surface area is 196 Å². The van der Waals surface area contributed by atoms with Crippen LogP contribution < -0.4 is 5.56 Å². The summed E-state index contributed by atoms with van der Waals surface area (Å²) in [7, 11) is -3.91. The zero-order valence-electron chi connectivity index (χ0n) is 18.0. The van der Waals surface area contributed by atoms with Gasteiger partial charge in [0.15, 0.2) is 0 Å². The molecule has 0 spiro atoms. The molecule has 2 aromatic heterocycles. The number of fused-ring (bicyclic) bond motifs is 1. The van der Waals surface area contributed by atoms with Crippen molar-refractivity contribution in [3.63, 3.8) is 0 Å². The van der Waals surface area contributed by atoms with Gasteiger partial charge in [-0.2, -0.15) is 4.31 Å². The summed E-state index contributed by atoms with van der Waals surface area (Å²) >= 11 is 7.59. The fraction of sp³-hybridized carbons (Fsp3) is 0.208. The summed E-state index contributed by atoms with van der Waals surface area (Å²) in [6.45, 7) is 5.80. The third kappa shape index (κ3) is 4.52. The summed E-state index contributed by atoms with van der Waals surface area (Å²) in [6, 6.07) is 14.3. The number of pyridine rings is 1. The quantitative estimate of drug-likeness (QED) is 0.388. The molecule has 0 aliphatic rings. The molecule has 0 radical (unpaired) electrons. The van der Waals surface area contributed by atoms with E-state index >= 15 is 0 Å². The second kappa shape index (κ2) is 8.83. The van der Waals surface area contributed by atoms with Crippen LogP contribution in [0.15, 0.2) is 63.6 Å². The van der Waals surface area contributed by atoms with Crippen LogP contribution in [0.5, 0.6) is 0 Å². The normalized spacial score (nSPS) is 12.0. The average molecular weight is 487 g/mol. The number of aromatic amines is 1. The van der Waals surface area contributed by atoms with Crippen molar-refractivity contribution in [2.75, 3.05) is 0 Å². The van der Waals surface area contributed by atoms with Crippen LogP contribution in [0.3, 0.4) is 0 Å². The Kier molecular flexibility index (Phi) is 6.27. The Morgan fingerprint density at radius 1 is 1.00 bits per heavy atom. The van der Waals surface area contributed by atoms with Crippen molar-refractivity contribution in [1.82, 2.24) is 9.29 Å². The maximum Gasteiger partial charge on any atom is 0.252 e. The van der Waals surface area contributed by atoms with Gasteiger partial charge >= 0.3 is 0 Å². The molecule has 0 saturated heterocycles. The van der Waals surface area contributed by atoms with Gasteiger partial charge in [0.25, 0.3) is 5.56 Å². The zero-order chi connectivity index (χ0) is 23.0. The maximum absolute atomic E-state index is 13.7. The third-order valence-corrected chi connectivity index (χ3v) is 8.45. The van der Waals surface area contributed by atoms with Gasteiger partial charge in [0.2, 0.25) is 10.0 Å². The molecule has 32 heavy (non-hydrogen) atoms. The smallest absolute Gasteiger partial charge is 0.252 e. The molecule has 4 rings (SSSR count). The SMILES string of the molecule is Cc1cc(C)c2cc(CN(Cc3cccs3)S(=O)(=O)c3cc(Cl)ccc3C)c(=O)[nH]c2c1. The minimum atomic E-state index is -3.91. The van der Waals surface area contributed by atoms with Crippen molar-refractivity contribution in [2.24, 2.45) is 0 Å². The summed E-state index contributed by atoms with van der Waals surface area (Å²) < 4.78 is 28.7. The van der Waals surface area contributed by atoms with E-state index in [2.05, 4.69) is 4.98 Å². The molecule has 0 fully saturated rings. The Hall–Kier alpha value is -2.45. The molecule has 0 amide bonds. The summed E-state index contributed by atoms with van der Waals surface area (Å²) in [5.41, 5.74) is 3.52. The van der Waals surface area contributed by atoms with E-state index in [-0.39, 0.29) is 23.5 Å². The fourth-order valence-corrected chi connectivity index (χ4v) is 6.50. The highest BCUT2D eigenvalue weighted by Gasteiger charge is 2.28. The van der Waals surface area contributed by atoms with Gasteiger partial charge in [-0.25, -0.2) is 8.42 Å². The summed E-state index contributed by atoms with van der Waals surface area (Å²) in [4.78, 5) is 16.8. The summed E-state index contributed by atoms with van der Waals surface area (Å²) in [5, 5.41) is 3.15. The number of hydrogen-bond donors (Lipinski definition) is 1. The van der Waals surface area contributed by atoms with Gasteiger partial charge in [0.1, 0.15) is 0 Å². The first-order valence-electron chi connectivity index (χ1n) is 10.1. The predicted molar refractivity (Wildman–Crippen MR) is 131 cm³/mol. The lowest BCUT2D eigenvalue weighted by Crippen LogP contribution is -2.32. The molecule has 1 N–H and O–H groups in total. The molecule has 0 atom stereocenters. The molecule has 4 aromatic rings. The Bertz CT molecular complexity index is 1460. The fourth-order valence-electron chi connectivity index (χ4n) is 3.82. The number of hydrogen-bond acceptors (Lipinski definition) is 4. The van der Waals surface area contributed by atoms with Gasteiger partial charge in [-0.05, 0) is 73.2 Å². The number of sulfonamides is 1. The Balaban J connectivity index is 1.82. The number of aromatic nitrogens is 1. The molecule has 2 aromatic carbocycles. The van der Waals surface area contributed by atoms with Crippen molar-refractivity contribution < 1.29 is 8.42 Å². The molecule has 0 aliphatic heterocycles. The van der Waals surface area contributed by atoms with E-state index in [0.717, 1.165) is 26.9 Å². The summed E-state index contributed by atoms with van der Waals surface area (Å²) in [5.74, 6) is 0. The highest BCUT2D eigenvalue weighted by molar-refractivity contribution is 7.89. The highest BCUT2D eigenvalue weighted by Crippen LogP contribution is 2.27. The van der Waals surface area contributed by atoms with Crippen LogP contribution in [0.25, 0.3) is 10.9 Å². The van der Waals surface area contributed by atoms with E-state index in [4.69, 9.17) is 11.6 Å². The molecule has 0 saturated carbocycles. The van der Waals surface area contributed by atoms with Crippen molar-refractivity contribution in [3.8, 4) is 0 Å². The van der Waals surface area contributed by atoms with Crippen LogP contribution in [0.4, 0.5) is 0 Å². The Morgan fingerprint density at radius 3 is 2.50 bits per heavy atom. The molecular formula is C24H23ClN2O3S2. The van der Waals surface area contributed by atoms with E-state index in [1.807, 2.05) is 43.5 Å². The first-order valence-corrected chi connectivity index (χ1v) is 12.8. The molecule has 5 nitrogen and oxygen atoms in total. The topological polar surface area (TPSA) is 70.2 Å². The minimum Gasteiger partial charge on any atom is -0.322 e. The van der Waals surface area contributed by atoms with E-state index < -0.39 is 10.0 Å². The highest BCUT2D eigenvalue weighted by atomic mass is 35.5. The van der Waals surface area contributed by atoms with Crippen molar-refractivity contribution in [1.29, 1.82) is 0 Å². The molecule has 0 aliphatic carbocycles. The number of benzene rings is 2. The first kappa shape index (κ1) is 22.7. The lowest BCUT2D eigenvalue weighted by molar-refractivity contribution is 0.402. The third-order valence-electron chi connectivity index (χ3n) is 5.42. The van der Waals surface area contributed by atoms with E-state index in [9.17, 15) is 13.2 Å². The first-order chi connectivity index (χ1) is 15.1. The van der Waals surface area contributed by atoms with E-state index in [1.165, 1.54) is 21.7 Å². The van der Waals surface area contributed by atoms with Gasteiger partial charge in [-0.1, -0.05) is 29.8 Å². The number of nitrogens with one attached hydrogen (secondary N) is 1. The number of thiophene rings is 1. The largest absolute Gasteiger partial charge is 0.322 e. The van der Waals surface area contributed by atoms with Crippen LogP contribution in [-0.2, 0) is 23.1 Å². The minimum absolute atomic E-state index is 0.0508. The lowest BCUT2D eigenvalue weighted by atomic mass is 10.0. The maximum atomic E-state index is 13.7. The van der Waals surface area contributed by atoms with Gasteiger partial charge in [0, 0.05) is 39.5 Å². The number of H-pyrrole nitrogens is 1. The number of halogens is 1. The van der Waals surface area contributed by atoms with Gasteiger partial charge in [-0.15, -0.1) is 11.3 Å². The van der Waals surface area contributed by atoms with Crippen LogP contribution in [0.1, 0.15) is 27.1 Å². The average Bonchev–Trinajstić information content (AvgIpc) is 3.23. The van der Waals surface area contributed by atoms with Crippen LogP contribution in [0.2, 0.25) is 5.02 Å². The number of rotatable bonds is 6.